The van der Waals surface area contributed by atoms with E-state index in [-0.39, 0.29) is 0 Å². The highest BCUT2D eigenvalue weighted by atomic mass is 14.9. The van der Waals surface area contributed by atoms with Gasteiger partial charge in [0, 0.05) is 6.04 Å². The Bertz CT molecular complexity index is 608. The van der Waals surface area contributed by atoms with Crippen LogP contribution in [0.2, 0.25) is 0 Å². The van der Waals surface area contributed by atoms with Crippen molar-refractivity contribution in [1.29, 1.82) is 0 Å². The molecule has 0 spiro atoms. The average Bonchev–Trinajstić information content (AvgIpc) is 3.11. The number of benzene rings is 2. The molecule has 0 aromatic heterocycles. The normalized spacial score (nSPS) is 29.4. The Hall–Kier alpha value is -1.34. The van der Waals surface area contributed by atoms with Crippen molar-refractivity contribution in [1.82, 2.24) is 5.32 Å². The second-order valence-corrected chi connectivity index (χ2v) is 6.77. The fraction of sp³-hybridized carbons (Fsp3) is 0.474. The lowest BCUT2D eigenvalue weighted by atomic mass is 9.89. The van der Waals surface area contributed by atoms with E-state index in [0.29, 0.717) is 6.04 Å². The van der Waals surface area contributed by atoms with Gasteiger partial charge in [-0.05, 0) is 66.8 Å². The van der Waals surface area contributed by atoms with Gasteiger partial charge in [0.2, 0.25) is 0 Å². The van der Waals surface area contributed by atoms with Crippen LogP contribution < -0.4 is 5.32 Å². The van der Waals surface area contributed by atoms with Crippen LogP contribution in [-0.2, 0) is 6.42 Å². The summed E-state index contributed by atoms with van der Waals surface area (Å²) in [5.41, 5.74) is 1.48. The third-order valence-corrected chi connectivity index (χ3v) is 5.49. The first-order chi connectivity index (χ1) is 9.83. The van der Waals surface area contributed by atoms with E-state index in [4.69, 9.17) is 0 Å². The van der Waals surface area contributed by atoms with E-state index in [9.17, 15) is 0 Å². The van der Waals surface area contributed by atoms with Crippen LogP contribution in [-0.4, -0.2) is 13.1 Å². The second kappa shape index (κ2) is 4.89. The molecule has 0 heterocycles. The molecule has 2 saturated carbocycles. The first-order valence-electron chi connectivity index (χ1n) is 7.98. The number of hydrogen-bond donors (Lipinski definition) is 1. The van der Waals surface area contributed by atoms with Crippen LogP contribution in [0.25, 0.3) is 10.8 Å². The molecule has 2 aliphatic carbocycles. The Balaban J connectivity index is 1.53. The minimum absolute atomic E-state index is 0.656. The van der Waals surface area contributed by atoms with Crippen molar-refractivity contribution >= 4 is 10.8 Å². The number of fused-ring (bicyclic) bond motifs is 2. The lowest BCUT2D eigenvalue weighted by Gasteiger charge is -2.24. The summed E-state index contributed by atoms with van der Waals surface area (Å²) in [5, 5.41) is 6.30. The minimum atomic E-state index is 0.656. The topological polar surface area (TPSA) is 12.0 Å². The molecule has 20 heavy (non-hydrogen) atoms. The molecule has 0 bridgehead atoms. The molecule has 0 saturated heterocycles. The Morgan fingerprint density at radius 1 is 1.00 bits per heavy atom. The van der Waals surface area contributed by atoms with Crippen molar-refractivity contribution < 1.29 is 0 Å². The van der Waals surface area contributed by atoms with Crippen molar-refractivity contribution in [3.05, 3.63) is 48.0 Å². The van der Waals surface area contributed by atoms with Gasteiger partial charge in [-0.15, -0.1) is 0 Å². The predicted molar refractivity (Wildman–Crippen MR) is 84.8 cm³/mol. The van der Waals surface area contributed by atoms with E-state index in [1.165, 1.54) is 42.0 Å². The molecule has 1 nitrogen and oxygen atoms in total. The molecule has 104 valence electrons. The molecule has 2 aromatic rings. The summed E-state index contributed by atoms with van der Waals surface area (Å²) in [7, 11) is 2.13. The van der Waals surface area contributed by atoms with E-state index in [1.807, 2.05) is 0 Å². The van der Waals surface area contributed by atoms with Gasteiger partial charge in [-0.1, -0.05) is 42.5 Å². The van der Waals surface area contributed by atoms with Gasteiger partial charge in [0.1, 0.15) is 0 Å². The molecule has 0 amide bonds. The summed E-state index contributed by atoms with van der Waals surface area (Å²) < 4.78 is 0. The largest absolute Gasteiger partial charge is 0.316 e. The van der Waals surface area contributed by atoms with Crippen molar-refractivity contribution in [2.45, 2.75) is 31.7 Å². The smallest absolute Gasteiger partial charge is 0.0133 e. The van der Waals surface area contributed by atoms with Crippen molar-refractivity contribution in [2.75, 3.05) is 7.05 Å². The average molecular weight is 265 g/mol. The summed E-state index contributed by atoms with van der Waals surface area (Å²) >= 11 is 0. The number of hydrogen-bond acceptors (Lipinski definition) is 1. The van der Waals surface area contributed by atoms with Crippen molar-refractivity contribution in [3.63, 3.8) is 0 Å². The Morgan fingerprint density at radius 3 is 2.50 bits per heavy atom. The van der Waals surface area contributed by atoms with Gasteiger partial charge >= 0.3 is 0 Å². The van der Waals surface area contributed by atoms with Crippen LogP contribution in [0.15, 0.2) is 42.5 Å². The van der Waals surface area contributed by atoms with Crippen molar-refractivity contribution in [3.8, 4) is 0 Å². The molecule has 3 atom stereocenters. The summed E-state index contributed by atoms with van der Waals surface area (Å²) in [6.45, 7) is 0. The van der Waals surface area contributed by atoms with E-state index in [1.54, 1.807) is 0 Å². The van der Waals surface area contributed by atoms with E-state index in [2.05, 4.69) is 54.8 Å². The summed E-state index contributed by atoms with van der Waals surface area (Å²) in [4.78, 5) is 0. The quantitative estimate of drug-likeness (QED) is 0.880. The highest BCUT2D eigenvalue weighted by Gasteiger charge is 2.47. The number of nitrogens with one attached hydrogen (secondary N) is 1. The second-order valence-electron chi connectivity index (χ2n) is 6.77. The standard InChI is InChI=1S/C19H23N/c1-20-19(18-11-16-10-17(16)12-18)9-13-6-7-14-4-2-3-5-15(14)8-13/h2-8,16-20H,9-12H2,1H3. The van der Waals surface area contributed by atoms with Crippen molar-refractivity contribution in [2.24, 2.45) is 17.8 Å². The van der Waals surface area contributed by atoms with Gasteiger partial charge in [0.05, 0.1) is 0 Å². The molecule has 1 N–H and O–H groups in total. The van der Waals surface area contributed by atoms with Gasteiger partial charge in [-0.25, -0.2) is 0 Å². The van der Waals surface area contributed by atoms with Gasteiger partial charge < -0.3 is 5.32 Å². The summed E-state index contributed by atoms with van der Waals surface area (Å²) in [6.07, 6.45) is 5.61. The molecule has 0 aliphatic heterocycles. The molecule has 2 aromatic carbocycles. The Kier molecular flexibility index (Phi) is 3.03. The van der Waals surface area contributed by atoms with E-state index < -0.39 is 0 Å². The molecule has 2 fully saturated rings. The zero-order valence-corrected chi connectivity index (χ0v) is 12.2. The Labute approximate surface area is 121 Å². The first-order valence-corrected chi connectivity index (χ1v) is 7.98. The molecule has 0 radical (unpaired) electrons. The van der Waals surface area contributed by atoms with E-state index >= 15 is 0 Å². The zero-order valence-electron chi connectivity index (χ0n) is 12.2. The van der Waals surface area contributed by atoms with E-state index in [0.717, 1.165) is 17.8 Å². The van der Waals surface area contributed by atoms with Crippen LogP contribution >= 0.6 is 0 Å². The molecule has 1 heteroatoms. The molecule has 4 rings (SSSR count). The minimum Gasteiger partial charge on any atom is -0.316 e. The van der Waals surface area contributed by atoms with Crippen LogP contribution in [0.3, 0.4) is 0 Å². The van der Waals surface area contributed by atoms with Crippen LogP contribution in [0.5, 0.6) is 0 Å². The predicted octanol–water partition coefficient (Wildman–Crippen LogP) is 4.02. The lowest BCUT2D eigenvalue weighted by Crippen LogP contribution is -2.35. The fourth-order valence-corrected chi connectivity index (χ4v) is 4.21. The Morgan fingerprint density at radius 2 is 1.75 bits per heavy atom. The summed E-state index contributed by atoms with van der Waals surface area (Å²) in [6, 6.07) is 16.3. The van der Waals surface area contributed by atoms with Crippen LogP contribution in [0.1, 0.15) is 24.8 Å². The highest BCUT2D eigenvalue weighted by Crippen LogP contribution is 2.55. The maximum Gasteiger partial charge on any atom is 0.0133 e. The number of likely N-dealkylation sites (N-methyl/N-ethyl adjacent to an activating group) is 1. The fourth-order valence-electron chi connectivity index (χ4n) is 4.21. The third kappa shape index (κ3) is 2.25. The first kappa shape index (κ1) is 12.4. The molecular weight excluding hydrogens is 242 g/mol. The lowest BCUT2D eigenvalue weighted by molar-refractivity contribution is 0.349. The van der Waals surface area contributed by atoms with Crippen LogP contribution in [0.4, 0.5) is 0 Å². The third-order valence-electron chi connectivity index (χ3n) is 5.49. The zero-order chi connectivity index (χ0) is 13.5. The van der Waals surface area contributed by atoms with Gasteiger partial charge in [0.15, 0.2) is 0 Å². The summed E-state index contributed by atoms with van der Waals surface area (Å²) in [5.74, 6) is 3.05. The van der Waals surface area contributed by atoms with Gasteiger partial charge in [0.25, 0.3) is 0 Å². The van der Waals surface area contributed by atoms with Gasteiger partial charge in [-0.3, -0.25) is 0 Å². The van der Waals surface area contributed by atoms with Crippen LogP contribution in [0, 0.1) is 17.8 Å². The molecular formula is C19H23N. The monoisotopic (exact) mass is 265 g/mol. The highest BCUT2D eigenvalue weighted by molar-refractivity contribution is 5.82. The maximum absolute atomic E-state index is 3.58. The number of rotatable bonds is 4. The molecule has 2 aliphatic rings. The van der Waals surface area contributed by atoms with Gasteiger partial charge in [-0.2, -0.15) is 0 Å². The maximum atomic E-state index is 3.58. The SMILES string of the molecule is CNC(Cc1ccc2ccccc2c1)C1CC2CC2C1. The molecule has 3 unspecified atom stereocenters.